The van der Waals surface area contributed by atoms with Crippen LogP contribution in [0.4, 0.5) is 11.5 Å². The van der Waals surface area contributed by atoms with Gasteiger partial charge < -0.3 is 25.4 Å². The van der Waals surface area contributed by atoms with Crippen LogP contribution in [0.25, 0.3) is 0 Å². The highest BCUT2D eigenvalue weighted by molar-refractivity contribution is 6.01. The van der Waals surface area contributed by atoms with Crippen molar-refractivity contribution in [1.29, 1.82) is 0 Å². The second-order valence-corrected chi connectivity index (χ2v) is 7.08. The van der Waals surface area contributed by atoms with Crippen LogP contribution >= 0.6 is 0 Å². The molecule has 0 saturated carbocycles. The van der Waals surface area contributed by atoms with Gasteiger partial charge in [-0.05, 0) is 37.1 Å². The lowest BCUT2D eigenvalue weighted by Gasteiger charge is -2.24. The second-order valence-electron chi connectivity index (χ2n) is 7.08. The molecule has 0 atom stereocenters. The Hall–Kier alpha value is -3.13. The molecule has 1 aliphatic heterocycles. The zero-order valence-corrected chi connectivity index (χ0v) is 17.0. The Balaban J connectivity index is 1.89. The summed E-state index contributed by atoms with van der Waals surface area (Å²) in [6, 6.07) is 11.0. The third-order valence-corrected chi connectivity index (χ3v) is 4.81. The minimum atomic E-state index is -0.296. The van der Waals surface area contributed by atoms with Gasteiger partial charge in [0.05, 0.1) is 31.0 Å². The van der Waals surface area contributed by atoms with E-state index in [0.717, 1.165) is 31.4 Å². The number of ether oxygens (including phenoxy) is 1. The lowest BCUT2D eigenvalue weighted by Crippen LogP contribution is -2.42. The van der Waals surface area contributed by atoms with E-state index in [2.05, 4.69) is 15.6 Å². The van der Waals surface area contributed by atoms with Gasteiger partial charge in [0.2, 0.25) is 5.91 Å². The Kier molecular flexibility index (Phi) is 8.02. The van der Waals surface area contributed by atoms with Crippen LogP contribution in [0, 0.1) is 0 Å². The van der Waals surface area contributed by atoms with Crippen LogP contribution in [-0.4, -0.2) is 59.7 Å². The molecule has 0 unspecified atom stereocenters. The van der Waals surface area contributed by atoms with Crippen LogP contribution in [0.1, 0.15) is 36.0 Å². The summed E-state index contributed by atoms with van der Waals surface area (Å²) in [5.74, 6) is 0.561. The van der Waals surface area contributed by atoms with Crippen LogP contribution in [0.15, 0.2) is 42.6 Å². The summed E-state index contributed by atoms with van der Waals surface area (Å²) >= 11 is 0. The Bertz CT molecular complexity index is 859. The summed E-state index contributed by atoms with van der Waals surface area (Å²) < 4.78 is 5.93. The van der Waals surface area contributed by atoms with Crippen molar-refractivity contribution in [1.82, 2.24) is 15.2 Å². The van der Waals surface area contributed by atoms with E-state index in [-0.39, 0.29) is 31.5 Å². The predicted octanol–water partition coefficient (Wildman–Crippen LogP) is 2.33. The summed E-state index contributed by atoms with van der Waals surface area (Å²) in [4.78, 5) is 31.4. The fraction of sp³-hybridized carbons (Fsp3) is 0.409. The SMILES string of the molecule is O=C(CN1CCCCCCOc2ccccc2Nc2ncccc2C1=O)NCCO. The first-order valence-corrected chi connectivity index (χ1v) is 10.3. The number of benzene rings is 1. The van der Waals surface area contributed by atoms with E-state index in [9.17, 15) is 9.59 Å². The Labute approximate surface area is 176 Å². The van der Waals surface area contributed by atoms with Gasteiger partial charge >= 0.3 is 0 Å². The number of para-hydroxylation sites is 2. The van der Waals surface area contributed by atoms with Crippen molar-refractivity contribution in [3.05, 3.63) is 48.2 Å². The summed E-state index contributed by atoms with van der Waals surface area (Å²) in [5.41, 5.74) is 1.12. The molecule has 0 aliphatic carbocycles. The normalized spacial score (nSPS) is 15.1. The van der Waals surface area contributed by atoms with E-state index < -0.39 is 0 Å². The summed E-state index contributed by atoms with van der Waals surface area (Å²) in [7, 11) is 0. The van der Waals surface area contributed by atoms with Crippen LogP contribution < -0.4 is 15.4 Å². The molecule has 2 aromatic rings. The molecule has 1 aliphatic rings. The molecule has 0 bridgehead atoms. The first-order valence-electron chi connectivity index (χ1n) is 10.3. The number of amides is 2. The molecule has 0 saturated heterocycles. The molecule has 8 nitrogen and oxygen atoms in total. The van der Waals surface area contributed by atoms with Gasteiger partial charge in [0, 0.05) is 19.3 Å². The molecule has 2 amide bonds. The third-order valence-electron chi connectivity index (χ3n) is 4.81. The van der Waals surface area contributed by atoms with Crippen molar-refractivity contribution in [2.75, 3.05) is 38.2 Å². The molecule has 1 aromatic carbocycles. The number of aromatic nitrogens is 1. The molecule has 3 N–H and O–H groups in total. The average molecular weight is 412 g/mol. The summed E-state index contributed by atoms with van der Waals surface area (Å²) in [6.45, 7) is 1.04. The van der Waals surface area contributed by atoms with Crippen LogP contribution in [0.3, 0.4) is 0 Å². The van der Waals surface area contributed by atoms with Crippen molar-refractivity contribution in [3.8, 4) is 5.75 Å². The second kappa shape index (κ2) is 11.2. The average Bonchev–Trinajstić information content (AvgIpc) is 2.76. The number of nitrogens with one attached hydrogen (secondary N) is 2. The number of carbonyl (C=O) groups excluding carboxylic acids is 2. The molecule has 1 aromatic heterocycles. The van der Waals surface area contributed by atoms with E-state index in [0.29, 0.717) is 30.3 Å². The standard InChI is InChI=1S/C22H28N4O4/c27-14-12-23-20(28)16-26-13-5-1-2-6-15-30-19-10-4-3-9-18(19)25-21-17(22(26)29)8-7-11-24-21/h3-4,7-11,27H,1-2,5-6,12-16H2,(H,23,28)(H,24,25). The van der Waals surface area contributed by atoms with Crippen LogP contribution in [0.5, 0.6) is 5.75 Å². The smallest absolute Gasteiger partial charge is 0.258 e. The largest absolute Gasteiger partial charge is 0.491 e. The summed E-state index contributed by atoms with van der Waals surface area (Å²) in [5, 5.41) is 14.7. The molecule has 0 radical (unpaired) electrons. The minimum Gasteiger partial charge on any atom is -0.491 e. The van der Waals surface area contributed by atoms with Gasteiger partial charge in [0.15, 0.2) is 0 Å². The van der Waals surface area contributed by atoms with Gasteiger partial charge in [-0.2, -0.15) is 0 Å². The highest BCUT2D eigenvalue weighted by atomic mass is 16.5. The zero-order valence-electron chi connectivity index (χ0n) is 17.0. The number of nitrogens with zero attached hydrogens (tertiary/aromatic N) is 2. The number of anilines is 2. The highest BCUT2D eigenvalue weighted by Gasteiger charge is 2.22. The molecule has 0 fully saturated rings. The predicted molar refractivity (Wildman–Crippen MR) is 114 cm³/mol. The van der Waals surface area contributed by atoms with Gasteiger partial charge in [0.1, 0.15) is 11.6 Å². The van der Waals surface area contributed by atoms with Crippen molar-refractivity contribution in [3.63, 3.8) is 0 Å². The fourth-order valence-corrected chi connectivity index (χ4v) is 3.29. The highest BCUT2D eigenvalue weighted by Crippen LogP contribution is 2.29. The van der Waals surface area contributed by atoms with E-state index in [1.165, 1.54) is 0 Å². The Morgan fingerprint density at radius 2 is 2.00 bits per heavy atom. The molecular weight excluding hydrogens is 384 g/mol. The Morgan fingerprint density at radius 1 is 1.17 bits per heavy atom. The number of pyridine rings is 1. The zero-order chi connectivity index (χ0) is 21.2. The van der Waals surface area contributed by atoms with E-state index in [4.69, 9.17) is 9.84 Å². The number of hydrogen-bond donors (Lipinski definition) is 3. The maximum absolute atomic E-state index is 13.3. The van der Waals surface area contributed by atoms with E-state index in [1.54, 1.807) is 23.2 Å². The first kappa shape index (κ1) is 21.6. The van der Waals surface area contributed by atoms with Gasteiger partial charge in [0.25, 0.3) is 5.91 Å². The Morgan fingerprint density at radius 3 is 2.87 bits per heavy atom. The summed E-state index contributed by atoms with van der Waals surface area (Å²) in [6.07, 6.45) is 5.23. The number of rotatable bonds is 4. The quantitative estimate of drug-likeness (QED) is 0.712. The number of fused-ring (bicyclic) bond motifs is 2. The van der Waals surface area contributed by atoms with Crippen molar-refractivity contribution in [2.45, 2.75) is 25.7 Å². The van der Waals surface area contributed by atoms with Gasteiger partial charge in [-0.15, -0.1) is 0 Å². The van der Waals surface area contributed by atoms with Crippen molar-refractivity contribution >= 4 is 23.3 Å². The van der Waals surface area contributed by atoms with Crippen molar-refractivity contribution < 1.29 is 19.4 Å². The van der Waals surface area contributed by atoms with Gasteiger partial charge in [-0.25, -0.2) is 4.98 Å². The van der Waals surface area contributed by atoms with Crippen molar-refractivity contribution in [2.24, 2.45) is 0 Å². The lowest BCUT2D eigenvalue weighted by atomic mass is 10.1. The minimum absolute atomic E-state index is 0.0626. The van der Waals surface area contributed by atoms with Crippen LogP contribution in [-0.2, 0) is 4.79 Å². The number of carbonyl (C=O) groups is 2. The maximum Gasteiger partial charge on any atom is 0.258 e. The number of aliphatic hydroxyl groups is 1. The molecule has 2 heterocycles. The number of aliphatic hydroxyl groups excluding tert-OH is 1. The van der Waals surface area contributed by atoms with Gasteiger partial charge in [-0.1, -0.05) is 25.0 Å². The molecule has 160 valence electrons. The van der Waals surface area contributed by atoms with E-state index >= 15 is 0 Å². The topological polar surface area (TPSA) is 104 Å². The molecule has 30 heavy (non-hydrogen) atoms. The fourth-order valence-electron chi connectivity index (χ4n) is 3.29. The molecule has 8 heteroatoms. The third kappa shape index (κ3) is 5.93. The molecular formula is C22H28N4O4. The molecule has 0 spiro atoms. The maximum atomic E-state index is 13.3. The van der Waals surface area contributed by atoms with Gasteiger partial charge in [-0.3, -0.25) is 9.59 Å². The van der Waals surface area contributed by atoms with Crippen LogP contribution in [0.2, 0.25) is 0 Å². The van der Waals surface area contributed by atoms with E-state index in [1.807, 2.05) is 24.3 Å². The lowest BCUT2D eigenvalue weighted by molar-refractivity contribution is -0.121. The monoisotopic (exact) mass is 412 g/mol. The first-order chi connectivity index (χ1) is 14.7. The molecule has 3 rings (SSSR count). The number of hydrogen-bond acceptors (Lipinski definition) is 6.